The number of hydrogen-bond acceptors (Lipinski definition) is 3. The Morgan fingerprint density at radius 1 is 1.33 bits per heavy atom. The minimum atomic E-state index is 0.233. The number of alkyl halides is 1. The highest BCUT2D eigenvalue weighted by Gasteiger charge is 2.09. The van der Waals surface area contributed by atoms with Crippen LogP contribution in [0.3, 0.4) is 0 Å². The zero-order chi connectivity index (χ0) is 13.4. The van der Waals surface area contributed by atoms with Gasteiger partial charge in [0.25, 0.3) is 0 Å². The fraction of sp³-hybridized carbons (Fsp3) is 0.538. The van der Waals surface area contributed by atoms with E-state index in [0.717, 1.165) is 17.7 Å². The third kappa shape index (κ3) is 5.02. The summed E-state index contributed by atoms with van der Waals surface area (Å²) in [4.78, 5) is 0. The molecule has 3 nitrogen and oxygen atoms in total. The van der Waals surface area contributed by atoms with Gasteiger partial charge >= 0.3 is 0 Å². The maximum atomic E-state index is 5.98. The SMILES string of the molecule is COCC(CCCl)NCc1cc(Cl)ccc1OC. The van der Waals surface area contributed by atoms with Crippen LogP contribution in [0.4, 0.5) is 0 Å². The standard InChI is InChI=1S/C13H19Cl2NO2/c1-17-9-12(5-6-14)16-8-10-7-11(15)3-4-13(10)18-2/h3-4,7,12,16H,5-6,8-9H2,1-2H3. The van der Waals surface area contributed by atoms with Gasteiger partial charge in [-0.05, 0) is 24.6 Å². The molecule has 1 aromatic carbocycles. The number of hydrogen-bond donors (Lipinski definition) is 1. The first-order valence-electron chi connectivity index (χ1n) is 5.82. The molecule has 0 aliphatic carbocycles. The van der Waals surface area contributed by atoms with Crippen molar-refractivity contribution in [1.82, 2.24) is 5.32 Å². The second-order valence-corrected chi connectivity index (χ2v) is 4.78. The Balaban J connectivity index is 2.62. The molecule has 102 valence electrons. The number of benzene rings is 1. The van der Waals surface area contributed by atoms with E-state index in [1.165, 1.54) is 0 Å². The van der Waals surface area contributed by atoms with Gasteiger partial charge in [0.05, 0.1) is 13.7 Å². The van der Waals surface area contributed by atoms with Crippen molar-refractivity contribution in [3.05, 3.63) is 28.8 Å². The molecule has 1 rings (SSSR count). The zero-order valence-electron chi connectivity index (χ0n) is 10.7. The lowest BCUT2D eigenvalue weighted by Crippen LogP contribution is -2.33. The minimum Gasteiger partial charge on any atom is -0.496 e. The molecule has 0 saturated heterocycles. The zero-order valence-corrected chi connectivity index (χ0v) is 12.2. The lowest BCUT2D eigenvalue weighted by atomic mass is 10.1. The van der Waals surface area contributed by atoms with Gasteiger partial charge < -0.3 is 14.8 Å². The summed E-state index contributed by atoms with van der Waals surface area (Å²) in [7, 11) is 3.33. The summed E-state index contributed by atoms with van der Waals surface area (Å²) in [6, 6.07) is 5.82. The van der Waals surface area contributed by atoms with Gasteiger partial charge in [0.2, 0.25) is 0 Å². The summed E-state index contributed by atoms with van der Waals surface area (Å²) in [5.74, 6) is 1.43. The van der Waals surface area contributed by atoms with Gasteiger partial charge in [-0.2, -0.15) is 0 Å². The first kappa shape index (κ1) is 15.6. The van der Waals surface area contributed by atoms with Gasteiger partial charge in [0, 0.05) is 36.2 Å². The average Bonchev–Trinajstić information content (AvgIpc) is 2.36. The van der Waals surface area contributed by atoms with E-state index >= 15 is 0 Å². The first-order valence-corrected chi connectivity index (χ1v) is 6.73. The number of rotatable bonds is 8. The molecule has 1 unspecified atom stereocenters. The lowest BCUT2D eigenvalue weighted by Gasteiger charge is -2.18. The molecule has 0 aliphatic heterocycles. The van der Waals surface area contributed by atoms with Crippen molar-refractivity contribution >= 4 is 23.2 Å². The van der Waals surface area contributed by atoms with Crippen molar-refractivity contribution < 1.29 is 9.47 Å². The fourth-order valence-corrected chi connectivity index (χ4v) is 2.17. The monoisotopic (exact) mass is 291 g/mol. The van der Waals surface area contributed by atoms with Gasteiger partial charge in [0.15, 0.2) is 0 Å². The predicted molar refractivity (Wildman–Crippen MR) is 75.8 cm³/mol. The van der Waals surface area contributed by atoms with Crippen molar-refractivity contribution in [2.75, 3.05) is 26.7 Å². The van der Waals surface area contributed by atoms with Gasteiger partial charge in [0.1, 0.15) is 5.75 Å². The van der Waals surface area contributed by atoms with E-state index in [1.54, 1.807) is 14.2 Å². The number of halogens is 2. The molecule has 0 aromatic heterocycles. The van der Waals surface area contributed by atoms with Crippen molar-refractivity contribution in [2.45, 2.75) is 19.0 Å². The molecule has 1 N–H and O–H groups in total. The maximum Gasteiger partial charge on any atom is 0.123 e. The summed E-state index contributed by atoms with van der Waals surface area (Å²) in [6.45, 7) is 1.31. The van der Waals surface area contributed by atoms with E-state index < -0.39 is 0 Å². The van der Waals surface area contributed by atoms with E-state index in [4.69, 9.17) is 32.7 Å². The van der Waals surface area contributed by atoms with Gasteiger partial charge in [-0.1, -0.05) is 11.6 Å². The van der Waals surface area contributed by atoms with Crippen molar-refractivity contribution in [3.8, 4) is 5.75 Å². The molecule has 0 fully saturated rings. The van der Waals surface area contributed by atoms with Crippen LogP contribution in [0.15, 0.2) is 18.2 Å². The number of ether oxygens (including phenoxy) is 2. The van der Waals surface area contributed by atoms with Crippen LogP contribution in [0.1, 0.15) is 12.0 Å². The van der Waals surface area contributed by atoms with Gasteiger partial charge in [-0.3, -0.25) is 0 Å². The van der Waals surface area contributed by atoms with Crippen LogP contribution in [0.2, 0.25) is 5.02 Å². The highest BCUT2D eigenvalue weighted by molar-refractivity contribution is 6.30. The molecule has 0 radical (unpaired) electrons. The molecule has 1 aromatic rings. The Kier molecular flexibility index (Phi) is 7.44. The summed E-state index contributed by atoms with van der Waals surface area (Å²) in [6.07, 6.45) is 0.859. The normalized spacial score (nSPS) is 12.4. The van der Waals surface area contributed by atoms with Crippen molar-refractivity contribution in [2.24, 2.45) is 0 Å². The molecule has 5 heteroatoms. The van der Waals surface area contributed by atoms with Crippen molar-refractivity contribution in [1.29, 1.82) is 0 Å². The fourth-order valence-electron chi connectivity index (χ4n) is 1.72. The van der Waals surface area contributed by atoms with Crippen molar-refractivity contribution in [3.63, 3.8) is 0 Å². The molecule has 0 heterocycles. The third-order valence-corrected chi connectivity index (χ3v) is 3.10. The molecular weight excluding hydrogens is 273 g/mol. The topological polar surface area (TPSA) is 30.5 Å². The highest BCUT2D eigenvalue weighted by Crippen LogP contribution is 2.22. The quantitative estimate of drug-likeness (QED) is 0.747. The summed E-state index contributed by atoms with van der Waals surface area (Å²) >= 11 is 11.7. The second-order valence-electron chi connectivity index (χ2n) is 3.97. The summed E-state index contributed by atoms with van der Waals surface area (Å²) in [5, 5.41) is 4.09. The number of methoxy groups -OCH3 is 2. The first-order chi connectivity index (χ1) is 8.71. The predicted octanol–water partition coefficient (Wildman–Crippen LogP) is 3.08. The Bertz CT molecular complexity index is 355. The Labute approximate surface area is 118 Å². The second kappa shape index (κ2) is 8.59. The molecule has 1 atom stereocenters. The molecule has 0 amide bonds. The van der Waals surface area contributed by atoms with Crippen LogP contribution >= 0.6 is 23.2 Å². The van der Waals surface area contributed by atoms with E-state index in [9.17, 15) is 0 Å². The molecule has 0 saturated carbocycles. The lowest BCUT2D eigenvalue weighted by molar-refractivity contribution is 0.164. The van der Waals surface area contributed by atoms with Crippen LogP contribution in [-0.4, -0.2) is 32.7 Å². The van der Waals surface area contributed by atoms with Crippen LogP contribution in [0.25, 0.3) is 0 Å². The minimum absolute atomic E-state index is 0.233. The third-order valence-electron chi connectivity index (χ3n) is 2.65. The molecular formula is C13H19Cl2NO2. The van der Waals surface area contributed by atoms with Gasteiger partial charge in [-0.25, -0.2) is 0 Å². The summed E-state index contributed by atoms with van der Waals surface area (Å²) in [5.41, 5.74) is 1.03. The smallest absolute Gasteiger partial charge is 0.123 e. The van der Waals surface area contributed by atoms with Crippen LogP contribution in [-0.2, 0) is 11.3 Å². The Morgan fingerprint density at radius 3 is 2.72 bits per heavy atom. The maximum absolute atomic E-state index is 5.98. The largest absolute Gasteiger partial charge is 0.496 e. The van der Waals surface area contributed by atoms with E-state index in [1.807, 2.05) is 18.2 Å². The molecule has 0 bridgehead atoms. The highest BCUT2D eigenvalue weighted by atomic mass is 35.5. The van der Waals surface area contributed by atoms with Gasteiger partial charge in [-0.15, -0.1) is 11.6 Å². The van der Waals surface area contributed by atoms with Crippen LogP contribution in [0.5, 0.6) is 5.75 Å². The number of nitrogens with one attached hydrogen (secondary N) is 1. The van der Waals surface area contributed by atoms with E-state index in [0.29, 0.717) is 24.1 Å². The van der Waals surface area contributed by atoms with E-state index in [2.05, 4.69) is 5.32 Å². The van der Waals surface area contributed by atoms with E-state index in [-0.39, 0.29) is 6.04 Å². The Morgan fingerprint density at radius 2 is 2.11 bits per heavy atom. The molecule has 18 heavy (non-hydrogen) atoms. The Hall–Kier alpha value is -0.480. The summed E-state index contributed by atoms with van der Waals surface area (Å²) < 4.78 is 10.4. The molecule has 0 spiro atoms. The van der Waals surface area contributed by atoms with Crippen LogP contribution in [0, 0.1) is 0 Å². The average molecular weight is 292 g/mol. The molecule has 0 aliphatic rings. The van der Waals surface area contributed by atoms with Crippen LogP contribution < -0.4 is 10.1 Å².